The number of ether oxygens (including phenoxy) is 3. The van der Waals surface area contributed by atoms with Crippen LogP contribution in [0.2, 0.25) is 0 Å². The maximum atomic E-state index is 14.1. The molecule has 0 radical (unpaired) electrons. The third-order valence-electron chi connectivity index (χ3n) is 12.6. The summed E-state index contributed by atoms with van der Waals surface area (Å²) in [7, 11) is 2.95. The minimum atomic E-state index is -0.365. The van der Waals surface area contributed by atoms with Crippen molar-refractivity contribution in [1.82, 2.24) is 14.9 Å². The number of para-hydroxylation sites is 2. The van der Waals surface area contributed by atoms with Crippen molar-refractivity contribution in [2.24, 2.45) is 23.7 Å². The van der Waals surface area contributed by atoms with E-state index in [4.69, 9.17) is 14.2 Å². The number of aromatic amines is 2. The van der Waals surface area contributed by atoms with Gasteiger partial charge >= 0.3 is 11.9 Å². The second kappa shape index (κ2) is 12.4. The number of piperidine rings is 1. The van der Waals surface area contributed by atoms with Gasteiger partial charge in [-0.05, 0) is 56.7 Å². The van der Waals surface area contributed by atoms with E-state index >= 15 is 0 Å². The summed E-state index contributed by atoms with van der Waals surface area (Å²) in [6, 6.07) is 17.2. The van der Waals surface area contributed by atoms with Crippen molar-refractivity contribution in [2.45, 2.75) is 58.2 Å². The van der Waals surface area contributed by atoms with Crippen LogP contribution in [0.5, 0.6) is 0 Å². The Bertz CT molecular complexity index is 2280. The van der Waals surface area contributed by atoms with E-state index in [0.29, 0.717) is 25.0 Å². The van der Waals surface area contributed by atoms with Gasteiger partial charge in [0.15, 0.2) is 12.7 Å². The van der Waals surface area contributed by atoms with Crippen molar-refractivity contribution in [2.75, 3.05) is 27.3 Å². The molecule has 2 N–H and O–H groups in total. The van der Waals surface area contributed by atoms with Gasteiger partial charge in [0, 0.05) is 63.9 Å². The number of aromatic nitrogens is 3. The number of esters is 2. The first-order valence-electron chi connectivity index (χ1n) is 18.3. The van der Waals surface area contributed by atoms with Gasteiger partial charge in [-0.15, -0.1) is 0 Å². The van der Waals surface area contributed by atoms with Gasteiger partial charge in [-0.1, -0.05) is 48.0 Å². The highest BCUT2D eigenvalue weighted by molar-refractivity contribution is 6.09. The molecule has 51 heavy (non-hydrogen) atoms. The van der Waals surface area contributed by atoms with E-state index in [1.54, 1.807) is 6.26 Å². The highest BCUT2D eigenvalue weighted by Gasteiger charge is 2.47. The van der Waals surface area contributed by atoms with Crippen LogP contribution in [0, 0.1) is 23.7 Å². The number of rotatable bonds is 5. The molecule has 1 saturated heterocycles. The van der Waals surface area contributed by atoms with Crippen LogP contribution in [0.1, 0.15) is 48.8 Å². The normalized spacial score (nSPS) is 25.8. The van der Waals surface area contributed by atoms with E-state index < -0.39 is 0 Å². The summed E-state index contributed by atoms with van der Waals surface area (Å²) < 4.78 is 19.2. The van der Waals surface area contributed by atoms with Crippen molar-refractivity contribution in [3.63, 3.8) is 0 Å². The van der Waals surface area contributed by atoms with Crippen LogP contribution in [0.3, 0.4) is 0 Å². The standard InChI is InChI=1S/C42H44N4O5/c1-5-24-19-45-15-14-27-26-10-6-8-12-34(26)43-39(27)36(45)17-29(24)31(41(47)49-3)16-25-20-46-21-32-23(2)51-22-33(42(48)50-4)30(32)18-37(46)40-38(25)28-11-7-9-13-35(28)44-40/h5-13,20,22-23,29-32,36,43H,14-19,21H2,1-4H3/p+1/b24-5-/t23-,29-,30-,31-,32+,36-/m0/s1. The number of hydrogen-bond donors (Lipinski definition) is 2. The second-order valence-corrected chi connectivity index (χ2v) is 14.9. The van der Waals surface area contributed by atoms with Crippen molar-refractivity contribution in [3.8, 4) is 0 Å². The Morgan fingerprint density at radius 1 is 1.06 bits per heavy atom. The lowest BCUT2D eigenvalue weighted by atomic mass is 9.73. The molecular formula is C42H45N4O5+. The number of carbonyl (C=O) groups excluding carboxylic acids is 2. The molecule has 9 heteroatoms. The minimum absolute atomic E-state index is 0.0167. The smallest absolute Gasteiger partial charge is 0.337 e. The molecule has 9 rings (SSSR count). The predicted molar refractivity (Wildman–Crippen MR) is 195 cm³/mol. The number of hydrogen-bond acceptors (Lipinski definition) is 6. The van der Waals surface area contributed by atoms with Gasteiger partial charge in [-0.25, -0.2) is 4.79 Å². The van der Waals surface area contributed by atoms with Gasteiger partial charge in [0.05, 0.1) is 43.9 Å². The molecule has 6 atom stereocenters. The third-order valence-corrected chi connectivity index (χ3v) is 12.6. The second-order valence-electron chi connectivity index (χ2n) is 14.9. The number of pyridine rings is 1. The summed E-state index contributed by atoms with van der Waals surface area (Å²) in [6.07, 6.45) is 9.15. The maximum Gasteiger partial charge on any atom is 0.337 e. The molecule has 0 bridgehead atoms. The molecule has 3 aromatic heterocycles. The fourth-order valence-corrected chi connectivity index (χ4v) is 9.99. The Balaban J connectivity index is 1.15. The van der Waals surface area contributed by atoms with Crippen LogP contribution in [0.25, 0.3) is 32.7 Å². The van der Waals surface area contributed by atoms with E-state index in [0.717, 1.165) is 59.0 Å². The monoisotopic (exact) mass is 685 g/mol. The number of fused-ring (bicyclic) bond motifs is 11. The molecule has 9 nitrogen and oxygen atoms in total. The van der Waals surface area contributed by atoms with Gasteiger partial charge in [0.2, 0.25) is 5.69 Å². The summed E-state index contributed by atoms with van der Waals surface area (Å²) in [5.74, 6) is -0.764. The maximum absolute atomic E-state index is 14.1. The molecule has 0 amide bonds. The number of H-pyrrole nitrogens is 2. The molecule has 4 aliphatic rings. The molecule has 0 aliphatic carbocycles. The van der Waals surface area contributed by atoms with E-state index in [-0.39, 0.29) is 47.8 Å². The van der Waals surface area contributed by atoms with Gasteiger partial charge < -0.3 is 24.2 Å². The Morgan fingerprint density at radius 2 is 1.82 bits per heavy atom. The third kappa shape index (κ3) is 5.03. The lowest BCUT2D eigenvalue weighted by Gasteiger charge is -2.45. The molecule has 0 unspecified atom stereocenters. The summed E-state index contributed by atoms with van der Waals surface area (Å²) >= 11 is 0. The van der Waals surface area contributed by atoms with Crippen LogP contribution in [-0.2, 0) is 49.6 Å². The topological polar surface area (TPSA) is 101 Å². The Kier molecular flexibility index (Phi) is 7.80. The van der Waals surface area contributed by atoms with Crippen molar-refractivity contribution >= 4 is 44.6 Å². The summed E-state index contributed by atoms with van der Waals surface area (Å²) in [5.41, 5.74) is 10.2. The van der Waals surface area contributed by atoms with E-state index in [2.05, 4.69) is 94.1 Å². The van der Waals surface area contributed by atoms with E-state index in [1.807, 2.05) is 0 Å². The first-order valence-corrected chi connectivity index (χ1v) is 18.3. The quantitative estimate of drug-likeness (QED) is 0.129. The van der Waals surface area contributed by atoms with Crippen LogP contribution in [0.4, 0.5) is 0 Å². The molecule has 4 aliphatic heterocycles. The summed E-state index contributed by atoms with van der Waals surface area (Å²) in [6.45, 7) is 6.73. The van der Waals surface area contributed by atoms with Crippen LogP contribution >= 0.6 is 0 Å². The van der Waals surface area contributed by atoms with E-state index in [9.17, 15) is 9.59 Å². The zero-order valence-corrected chi connectivity index (χ0v) is 29.7. The number of carbonyl (C=O) groups is 2. The summed E-state index contributed by atoms with van der Waals surface area (Å²) in [5, 5.41) is 3.59. The van der Waals surface area contributed by atoms with Crippen LogP contribution in [-0.4, -0.2) is 60.2 Å². The van der Waals surface area contributed by atoms with Gasteiger partial charge in [0.25, 0.3) is 0 Å². The number of methoxy groups -OCH3 is 2. The number of allylic oxidation sites excluding steroid dienone is 1. The predicted octanol–water partition coefficient (Wildman–Crippen LogP) is 6.25. The Labute approximate surface area is 297 Å². The van der Waals surface area contributed by atoms with E-state index in [1.165, 1.54) is 42.0 Å². The average Bonchev–Trinajstić information content (AvgIpc) is 3.75. The summed E-state index contributed by atoms with van der Waals surface area (Å²) in [4.78, 5) is 37.1. The first kappa shape index (κ1) is 32.0. The van der Waals surface area contributed by atoms with Crippen molar-refractivity contribution < 1.29 is 28.4 Å². The fourth-order valence-electron chi connectivity index (χ4n) is 9.99. The van der Waals surface area contributed by atoms with Crippen molar-refractivity contribution in [1.29, 1.82) is 0 Å². The number of nitrogens with one attached hydrogen (secondary N) is 2. The Morgan fingerprint density at radius 3 is 2.59 bits per heavy atom. The van der Waals surface area contributed by atoms with Crippen molar-refractivity contribution in [3.05, 3.63) is 101 Å². The van der Waals surface area contributed by atoms with Gasteiger partial charge in [0.1, 0.15) is 11.6 Å². The molecule has 0 spiro atoms. The molecule has 2 aromatic carbocycles. The van der Waals surface area contributed by atoms with Crippen LogP contribution < -0.4 is 4.57 Å². The SMILES string of the molecule is C/C=C1/CN2CCc3c([nH]c4ccccc34)[C@@H]2C[C@@H]1[C@H](Cc1c[n+]2c(c3[nH]c4ccccc4c13)C[C@@H]1C(C(=O)OC)=CO[C@@H](C)[C@H]1C2)C(=O)OC. The fraction of sp³-hybridized carbons (Fsp3) is 0.405. The largest absolute Gasteiger partial charge is 0.497 e. The highest BCUT2D eigenvalue weighted by Crippen LogP contribution is 2.47. The van der Waals surface area contributed by atoms with Gasteiger partial charge in [-0.2, -0.15) is 4.57 Å². The lowest BCUT2D eigenvalue weighted by Crippen LogP contribution is -2.54. The van der Waals surface area contributed by atoms with Gasteiger partial charge in [-0.3, -0.25) is 9.69 Å². The number of benzene rings is 2. The molecule has 1 fully saturated rings. The average molecular weight is 686 g/mol. The molecule has 7 heterocycles. The zero-order chi connectivity index (χ0) is 35.0. The first-order chi connectivity index (χ1) is 24.9. The minimum Gasteiger partial charge on any atom is -0.497 e. The zero-order valence-electron chi connectivity index (χ0n) is 29.7. The molecule has 0 saturated carbocycles. The molecular weight excluding hydrogens is 640 g/mol. The highest BCUT2D eigenvalue weighted by atomic mass is 16.5. The Hall–Kier alpha value is -4.89. The lowest BCUT2D eigenvalue weighted by molar-refractivity contribution is -0.718. The number of nitrogens with zero attached hydrogens (tertiary/aromatic N) is 2. The van der Waals surface area contributed by atoms with Crippen LogP contribution in [0.15, 0.2) is 78.2 Å². The molecule has 262 valence electrons. The molecule has 5 aromatic rings.